The Morgan fingerprint density at radius 3 is 2.12 bits per heavy atom. The summed E-state index contributed by atoms with van der Waals surface area (Å²) in [5.41, 5.74) is 1.14. The first kappa shape index (κ1) is 17.3. The lowest BCUT2D eigenvalue weighted by Gasteiger charge is -2.08. The zero-order chi connectivity index (χ0) is 17.5. The van der Waals surface area contributed by atoms with Crippen molar-refractivity contribution in [2.24, 2.45) is 0 Å². The average molecular weight is 326 g/mol. The summed E-state index contributed by atoms with van der Waals surface area (Å²) in [6, 6.07) is 12.0. The fourth-order valence-electron chi connectivity index (χ4n) is 2.05. The number of carbonyl (C=O) groups excluding carboxylic acids is 2. The second-order valence-corrected chi connectivity index (χ2v) is 4.93. The maximum Gasteiger partial charge on any atom is 0.308 e. The van der Waals surface area contributed by atoms with Crippen molar-refractivity contribution in [2.75, 3.05) is 14.2 Å². The molecule has 2 rings (SSSR count). The summed E-state index contributed by atoms with van der Waals surface area (Å²) in [7, 11) is 3.09. The number of esters is 1. The van der Waals surface area contributed by atoms with Crippen LogP contribution in [0.25, 0.3) is 6.08 Å². The van der Waals surface area contributed by atoms with Gasteiger partial charge in [-0.15, -0.1) is 0 Å². The third-order valence-electron chi connectivity index (χ3n) is 3.25. The fourth-order valence-corrected chi connectivity index (χ4v) is 2.05. The highest BCUT2D eigenvalue weighted by molar-refractivity contribution is 6.09. The van der Waals surface area contributed by atoms with Gasteiger partial charge in [-0.2, -0.15) is 0 Å². The Bertz CT molecular complexity index is 760. The molecule has 0 amide bonds. The first-order chi connectivity index (χ1) is 11.5. The quantitative estimate of drug-likeness (QED) is 0.352. The number of rotatable bonds is 6. The second-order valence-electron chi connectivity index (χ2n) is 4.93. The molecule has 2 aromatic carbocycles. The summed E-state index contributed by atoms with van der Waals surface area (Å²) in [5, 5.41) is 0. The van der Waals surface area contributed by atoms with Crippen molar-refractivity contribution in [1.82, 2.24) is 0 Å². The van der Waals surface area contributed by atoms with Gasteiger partial charge in [0.15, 0.2) is 5.78 Å². The monoisotopic (exact) mass is 326 g/mol. The van der Waals surface area contributed by atoms with Gasteiger partial charge in [-0.25, -0.2) is 0 Å². The van der Waals surface area contributed by atoms with Crippen molar-refractivity contribution in [3.63, 3.8) is 0 Å². The number of ketones is 1. The highest BCUT2D eigenvalue weighted by Crippen LogP contribution is 2.26. The Balaban J connectivity index is 2.24. The summed E-state index contributed by atoms with van der Waals surface area (Å²) >= 11 is 0. The minimum Gasteiger partial charge on any atom is -0.497 e. The standard InChI is InChI=1S/C19H18O5/c1-13(20)24-19-12-16(23-3)9-10-17(19)18(21)11-6-14-4-7-15(22-2)8-5-14/h4-12H,1-3H3/b11-6-. The van der Waals surface area contributed by atoms with Gasteiger partial charge < -0.3 is 14.2 Å². The summed E-state index contributed by atoms with van der Waals surface area (Å²) in [5.74, 6) is 0.639. The molecule has 5 heteroatoms. The number of allylic oxidation sites excluding steroid dienone is 1. The highest BCUT2D eigenvalue weighted by Gasteiger charge is 2.13. The SMILES string of the molecule is COc1ccc(/C=C\C(=O)c2ccc(OC)cc2OC(C)=O)cc1. The summed E-state index contributed by atoms with van der Waals surface area (Å²) in [6.45, 7) is 1.28. The van der Waals surface area contributed by atoms with E-state index in [0.29, 0.717) is 5.75 Å². The van der Waals surface area contributed by atoms with E-state index in [1.165, 1.54) is 26.2 Å². The van der Waals surface area contributed by atoms with Crippen molar-refractivity contribution < 1.29 is 23.8 Å². The summed E-state index contributed by atoms with van der Waals surface area (Å²) < 4.78 is 15.3. The van der Waals surface area contributed by atoms with Gasteiger partial charge in [0.05, 0.1) is 19.8 Å². The molecule has 5 nitrogen and oxygen atoms in total. The smallest absolute Gasteiger partial charge is 0.308 e. The number of hydrogen-bond acceptors (Lipinski definition) is 5. The van der Waals surface area contributed by atoms with Gasteiger partial charge >= 0.3 is 5.97 Å². The van der Waals surface area contributed by atoms with Crippen LogP contribution >= 0.6 is 0 Å². The van der Waals surface area contributed by atoms with Crippen molar-refractivity contribution in [1.29, 1.82) is 0 Å². The Kier molecular flexibility index (Phi) is 5.73. The van der Waals surface area contributed by atoms with E-state index in [1.54, 1.807) is 25.3 Å². The molecule has 24 heavy (non-hydrogen) atoms. The lowest BCUT2D eigenvalue weighted by atomic mass is 10.1. The van der Waals surface area contributed by atoms with E-state index in [0.717, 1.165) is 11.3 Å². The topological polar surface area (TPSA) is 61.8 Å². The third kappa shape index (κ3) is 4.46. The lowest BCUT2D eigenvalue weighted by molar-refractivity contribution is -0.131. The molecule has 0 bridgehead atoms. The van der Waals surface area contributed by atoms with Gasteiger partial charge in [-0.1, -0.05) is 18.2 Å². The third-order valence-corrected chi connectivity index (χ3v) is 3.25. The van der Waals surface area contributed by atoms with E-state index in [9.17, 15) is 9.59 Å². The van der Waals surface area contributed by atoms with Crippen molar-refractivity contribution in [2.45, 2.75) is 6.92 Å². The molecule has 0 aromatic heterocycles. The first-order valence-corrected chi connectivity index (χ1v) is 7.26. The van der Waals surface area contributed by atoms with E-state index in [1.807, 2.05) is 24.3 Å². The molecule has 124 valence electrons. The van der Waals surface area contributed by atoms with Gasteiger partial charge in [0.2, 0.25) is 0 Å². The first-order valence-electron chi connectivity index (χ1n) is 7.26. The molecule has 0 spiro atoms. The molecule has 0 heterocycles. The van der Waals surface area contributed by atoms with Crippen molar-refractivity contribution in [3.8, 4) is 17.2 Å². The average Bonchev–Trinajstić information content (AvgIpc) is 2.59. The molecule has 0 fully saturated rings. The van der Waals surface area contributed by atoms with Crippen LogP contribution in [0.2, 0.25) is 0 Å². The zero-order valence-electron chi connectivity index (χ0n) is 13.7. The number of methoxy groups -OCH3 is 2. The fraction of sp³-hybridized carbons (Fsp3) is 0.158. The molecule has 0 aliphatic rings. The Morgan fingerprint density at radius 2 is 1.54 bits per heavy atom. The van der Waals surface area contributed by atoms with E-state index in [-0.39, 0.29) is 17.1 Å². The molecule has 2 aromatic rings. The molecule has 0 atom stereocenters. The molecule has 0 aliphatic heterocycles. The second kappa shape index (κ2) is 7.97. The minimum atomic E-state index is -0.503. The molecule has 0 aliphatic carbocycles. The molecule has 0 N–H and O–H groups in total. The minimum absolute atomic E-state index is 0.172. The zero-order valence-corrected chi connectivity index (χ0v) is 13.7. The van der Waals surface area contributed by atoms with Gasteiger partial charge in [0.1, 0.15) is 17.2 Å². The Labute approximate surface area is 140 Å². The number of benzene rings is 2. The molecular formula is C19H18O5. The van der Waals surface area contributed by atoms with Crippen LogP contribution in [0.4, 0.5) is 0 Å². The van der Waals surface area contributed by atoms with Gasteiger partial charge in [0, 0.05) is 13.0 Å². The summed E-state index contributed by atoms with van der Waals surface area (Å²) in [6.07, 6.45) is 3.11. The molecular weight excluding hydrogens is 308 g/mol. The van der Waals surface area contributed by atoms with Crippen LogP contribution in [0, 0.1) is 0 Å². The van der Waals surface area contributed by atoms with Gasteiger partial charge in [-0.05, 0) is 35.9 Å². The van der Waals surface area contributed by atoms with Gasteiger partial charge in [0.25, 0.3) is 0 Å². The number of ether oxygens (including phenoxy) is 3. The lowest BCUT2D eigenvalue weighted by Crippen LogP contribution is -2.07. The van der Waals surface area contributed by atoms with Crippen LogP contribution < -0.4 is 14.2 Å². The van der Waals surface area contributed by atoms with Gasteiger partial charge in [-0.3, -0.25) is 9.59 Å². The molecule has 0 saturated carbocycles. The van der Waals surface area contributed by atoms with E-state index in [2.05, 4.69) is 0 Å². The Morgan fingerprint density at radius 1 is 0.917 bits per heavy atom. The van der Waals surface area contributed by atoms with Crippen molar-refractivity contribution >= 4 is 17.8 Å². The maximum absolute atomic E-state index is 12.4. The predicted molar refractivity (Wildman–Crippen MR) is 90.7 cm³/mol. The van der Waals surface area contributed by atoms with Crippen LogP contribution in [-0.4, -0.2) is 26.0 Å². The van der Waals surface area contributed by atoms with Crippen molar-refractivity contribution in [3.05, 3.63) is 59.7 Å². The predicted octanol–water partition coefficient (Wildman–Crippen LogP) is 3.53. The molecule has 0 unspecified atom stereocenters. The number of carbonyl (C=O) groups is 2. The maximum atomic E-state index is 12.4. The van der Waals surface area contributed by atoms with E-state index >= 15 is 0 Å². The number of hydrogen-bond donors (Lipinski definition) is 0. The Hall–Kier alpha value is -3.08. The summed E-state index contributed by atoms with van der Waals surface area (Å²) in [4.78, 5) is 23.6. The normalized spacial score (nSPS) is 10.5. The van der Waals surface area contributed by atoms with Crippen LogP contribution in [0.1, 0.15) is 22.8 Å². The van der Waals surface area contributed by atoms with Crippen LogP contribution in [0.5, 0.6) is 17.2 Å². The van der Waals surface area contributed by atoms with E-state index < -0.39 is 5.97 Å². The largest absolute Gasteiger partial charge is 0.497 e. The molecule has 0 saturated heterocycles. The van der Waals surface area contributed by atoms with Crippen LogP contribution in [0.15, 0.2) is 48.5 Å². The molecule has 0 radical (unpaired) electrons. The van der Waals surface area contributed by atoms with Crippen LogP contribution in [0.3, 0.4) is 0 Å². The highest BCUT2D eigenvalue weighted by atomic mass is 16.5. The van der Waals surface area contributed by atoms with Crippen LogP contribution in [-0.2, 0) is 4.79 Å². The van der Waals surface area contributed by atoms with E-state index in [4.69, 9.17) is 14.2 Å².